The maximum Gasteiger partial charge on any atom is 0.285 e. The zero-order chi connectivity index (χ0) is 20.8. The van der Waals surface area contributed by atoms with Gasteiger partial charge in [0.25, 0.3) is 5.56 Å². The third kappa shape index (κ3) is 2.88. The number of nitrogens with zero attached hydrogens (tertiary/aromatic N) is 5. The van der Waals surface area contributed by atoms with Crippen molar-refractivity contribution in [3.63, 3.8) is 0 Å². The number of pyridine rings is 1. The van der Waals surface area contributed by atoms with Gasteiger partial charge in [-0.2, -0.15) is 5.10 Å². The summed E-state index contributed by atoms with van der Waals surface area (Å²) in [5.41, 5.74) is 4.57. The Morgan fingerprint density at radius 1 is 0.967 bits per heavy atom. The van der Waals surface area contributed by atoms with Crippen LogP contribution >= 0.6 is 23.2 Å². The van der Waals surface area contributed by atoms with E-state index in [1.54, 1.807) is 28.9 Å². The average molecular weight is 436 g/mol. The molecule has 0 N–H and O–H groups in total. The Morgan fingerprint density at radius 2 is 1.77 bits per heavy atom. The van der Waals surface area contributed by atoms with E-state index in [1.165, 1.54) is 4.57 Å². The summed E-state index contributed by atoms with van der Waals surface area (Å²) in [6.07, 6.45) is 2.41. The first-order valence-electron chi connectivity index (χ1n) is 9.39. The third-order valence-corrected chi connectivity index (χ3v) is 5.77. The maximum absolute atomic E-state index is 13.1. The highest BCUT2D eigenvalue weighted by Crippen LogP contribution is 2.29. The molecule has 30 heavy (non-hydrogen) atoms. The Kier molecular flexibility index (Phi) is 4.53. The minimum Gasteiger partial charge on any atom is -0.282 e. The third-order valence-electron chi connectivity index (χ3n) is 5.03. The van der Waals surface area contributed by atoms with Gasteiger partial charge in [0.1, 0.15) is 5.52 Å². The number of aromatic nitrogens is 5. The summed E-state index contributed by atoms with van der Waals surface area (Å²) in [7, 11) is 0. The van der Waals surface area contributed by atoms with Crippen molar-refractivity contribution in [2.24, 2.45) is 0 Å². The van der Waals surface area contributed by atoms with E-state index >= 15 is 0 Å². The van der Waals surface area contributed by atoms with Crippen LogP contribution in [-0.2, 0) is 6.42 Å². The van der Waals surface area contributed by atoms with Crippen LogP contribution in [0.5, 0.6) is 0 Å². The number of aryl methyl sites for hydroxylation is 1. The predicted molar refractivity (Wildman–Crippen MR) is 119 cm³/mol. The fourth-order valence-corrected chi connectivity index (χ4v) is 3.87. The number of benzene rings is 2. The van der Waals surface area contributed by atoms with Crippen LogP contribution in [0, 0.1) is 0 Å². The van der Waals surface area contributed by atoms with Crippen LogP contribution in [0.1, 0.15) is 12.6 Å². The van der Waals surface area contributed by atoms with E-state index in [0.29, 0.717) is 26.9 Å². The molecule has 0 saturated carbocycles. The van der Waals surface area contributed by atoms with Gasteiger partial charge in [-0.05, 0) is 36.2 Å². The molecule has 0 radical (unpaired) electrons. The van der Waals surface area contributed by atoms with Gasteiger partial charge >= 0.3 is 0 Å². The van der Waals surface area contributed by atoms with E-state index in [9.17, 15) is 4.79 Å². The molecule has 3 aromatic heterocycles. The van der Waals surface area contributed by atoms with E-state index in [2.05, 4.69) is 10.2 Å². The Bertz CT molecular complexity index is 1470. The number of hydrogen-bond donors (Lipinski definition) is 0. The fraction of sp³-hybridized carbons (Fsp3) is 0.0909. The minimum atomic E-state index is -0.310. The van der Waals surface area contributed by atoms with Gasteiger partial charge in [-0.1, -0.05) is 60.5 Å². The first-order valence-corrected chi connectivity index (χ1v) is 10.1. The lowest BCUT2D eigenvalue weighted by atomic mass is 10.0. The van der Waals surface area contributed by atoms with Gasteiger partial charge in [-0.25, -0.2) is 4.52 Å². The van der Waals surface area contributed by atoms with Gasteiger partial charge in [0.2, 0.25) is 0 Å². The second-order valence-electron chi connectivity index (χ2n) is 6.80. The molecule has 0 spiro atoms. The molecule has 2 aromatic carbocycles. The van der Waals surface area contributed by atoms with Gasteiger partial charge < -0.3 is 0 Å². The molecule has 0 aliphatic heterocycles. The molecule has 8 heteroatoms. The van der Waals surface area contributed by atoms with Crippen molar-refractivity contribution < 1.29 is 0 Å². The zero-order valence-electron chi connectivity index (χ0n) is 15.9. The summed E-state index contributed by atoms with van der Waals surface area (Å²) in [5.74, 6) is 0. The molecule has 5 rings (SSSR count). The Hall–Kier alpha value is -3.22. The van der Waals surface area contributed by atoms with Crippen molar-refractivity contribution in [1.82, 2.24) is 24.4 Å². The van der Waals surface area contributed by atoms with E-state index in [1.807, 2.05) is 43.3 Å². The molecular formula is C22H15Cl2N5O. The van der Waals surface area contributed by atoms with E-state index in [-0.39, 0.29) is 11.1 Å². The molecule has 0 saturated heterocycles. The maximum atomic E-state index is 13.1. The van der Waals surface area contributed by atoms with Gasteiger partial charge in [0, 0.05) is 6.20 Å². The smallest absolute Gasteiger partial charge is 0.282 e. The highest BCUT2D eigenvalue weighted by atomic mass is 35.5. The van der Waals surface area contributed by atoms with Crippen molar-refractivity contribution >= 4 is 39.9 Å². The topological polar surface area (TPSA) is 65.1 Å². The van der Waals surface area contributed by atoms with Crippen LogP contribution in [0.15, 0.2) is 65.6 Å². The molecule has 0 fully saturated rings. The van der Waals surface area contributed by atoms with Crippen LogP contribution in [0.4, 0.5) is 0 Å². The number of rotatable bonds is 3. The lowest BCUT2D eigenvalue weighted by Gasteiger charge is -2.08. The van der Waals surface area contributed by atoms with Crippen molar-refractivity contribution in [3.05, 3.63) is 86.9 Å². The van der Waals surface area contributed by atoms with Crippen LogP contribution in [0.2, 0.25) is 10.0 Å². The monoisotopic (exact) mass is 435 g/mol. The molecule has 5 aromatic rings. The molecular weight excluding hydrogens is 421 g/mol. The largest absolute Gasteiger partial charge is 0.285 e. The zero-order valence-corrected chi connectivity index (χ0v) is 17.4. The molecule has 148 valence electrons. The molecule has 0 bridgehead atoms. The van der Waals surface area contributed by atoms with Gasteiger partial charge in [-0.15, -0.1) is 10.2 Å². The standard InChI is InChI=1S/C22H15Cl2N5O/c1-2-17-19(13-6-4-3-5-7-13)21-26-25-20-18(29(21)27-17)10-11-28(22(20)30)14-8-9-15(23)16(24)12-14/h3-12H,2H2,1H3. The summed E-state index contributed by atoms with van der Waals surface area (Å²) in [4.78, 5) is 13.1. The minimum absolute atomic E-state index is 0.223. The van der Waals surface area contributed by atoms with Gasteiger partial charge in [0.05, 0.1) is 27.0 Å². The van der Waals surface area contributed by atoms with Crippen molar-refractivity contribution in [2.75, 3.05) is 0 Å². The van der Waals surface area contributed by atoms with Crippen LogP contribution < -0.4 is 5.56 Å². The second kappa shape index (κ2) is 7.23. The first-order chi connectivity index (χ1) is 14.6. The Morgan fingerprint density at radius 3 is 2.50 bits per heavy atom. The summed E-state index contributed by atoms with van der Waals surface area (Å²) < 4.78 is 3.16. The van der Waals surface area contributed by atoms with E-state index < -0.39 is 0 Å². The summed E-state index contributed by atoms with van der Waals surface area (Å²) >= 11 is 12.1. The molecule has 3 heterocycles. The first kappa shape index (κ1) is 18.8. The van der Waals surface area contributed by atoms with Crippen molar-refractivity contribution in [3.8, 4) is 16.8 Å². The molecule has 0 aliphatic rings. The Balaban J connectivity index is 1.78. The lowest BCUT2D eigenvalue weighted by Crippen LogP contribution is -2.20. The quantitative estimate of drug-likeness (QED) is 0.401. The summed E-state index contributed by atoms with van der Waals surface area (Å²) in [6, 6.07) is 16.8. The number of hydrogen-bond acceptors (Lipinski definition) is 4. The molecule has 0 amide bonds. The van der Waals surface area contributed by atoms with Gasteiger partial charge in [0.15, 0.2) is 11.2 Å². The second-order valence-corrected chi connectivity index (χ2v) is 7.61. The van der Waals surface area contributed by atoms with Crippen LogP contribution in [0.3, 0.4) is 0 Å². The SMILES string of the molecule is CCc1nn2c(nnc3c(=O)n(-c4ccc(Cl)c(Cl)c4)ccc32)c1-c1ccccc1. The highest BCUT2D eigenvalue weighted by Gasteiger charge is 2.19. The van der Waals surface area contributed by atoms with E-state index in [0.717, 1.165) is 23.2 Å². The fourth-order valence-electron chi connectivity index (χ4n) is 3.58. The average Bonchev–Trinajstić information content (AvgIpc) is 3.16. The molecule has 0 atom stereocenters. The Labute approximate surface area is 181 Å². The molecule has 0 unspecified atom stereocenters. The number of halogens is 2. The van der Waals surface area contributed by atoms with E-state index in [4.69, 9.17) is 28.3 Å². The van der Waals surface area contributed by atoms with Gasteiger partial charge in [-0.3, -0.25) is 9.36 Å². The van der Waals surface area contributed by atoms with Crippen molar-refractivity contribution in [2.45, 2.75) is 13.3 Å². The number of fused-ring (bicyclic) bond motifs is 3. The summed E-state index contributed by atoms with van der Waals surface area (Å²) in [5, 5.41) is 14.2. The molecule has 6 nitrogen and oxygen atoms in total. The predicted octanol–water partition coefficient (Wildman–Crippen LogP) is 4.96. The lowest BCUT2D eigenvalue weighted by molar-refractivity contribution is 0.886. The highest BCUT2D eigenvalue weighted by molar-refractivity contribution is 6.42. The normalized spacial score (nSPS) is 11.4. The van der Waals surface area contributed by atoms with Crippen LogP contribution in [-0.4, -0.2) is 24.4 Å². The van der Waals surface area contributed by atoms with Crippen molar-refractivity contribution in [1.29, 1.82) is 0 Å². The molecule has 0 aliphatic carbocycles. The van der Waals surface area contributed by atoms with Crippen LogP contribution in [0.25, 0.3) is 33.5 Å². The summed E-state index contributed by atoms with van der Waals surface area (Å²) in [6.45, 7) is 2.04.